The first kappa shape index (κ1) is 24.2. The van der Waals surface area contributed by atoms with Gasteiger partial charge in [0, 0.05) is 33.7 Å². The van der Waals surface area contributed by atoms with Crippen molar-refractivity contribution in [2.24, 2.45) is 17.8 Å². The number of ketones is 2. The summed E-state index contributed by atoms with van der Waals surface area (Å²) in [5, 5.41) is 11.2. The third-order valence-corrected chi connectivity index (χ3v) is 8.06. The average Bonchev–Trinajstić information content (AvgIpc) is 3.08. The molecule has 186 valence electrons. The molecule has 1 aromatic carbocycles. The Bertz CT molecular complexity index is 1340. The maximum Gasteiger partial charge on any atom is 0.234 e. The molecule has 1 aliphatic heterocycles. The minimum Gasteiger partial charge on any atom is -0.507 e. The molecule has 1 aromatic rings. The van der Waals surface area contributed by atoms with Crippen LogP contribution in [-0.4, -0.2) is 38.9 Å². The number of rotatable bonds is 3. The van der Waals surface area contributed by atoms with E-state index in [0.717, 1.165) is 5.57 Å². The Labute approximate surface area is 211 Å². The number of imide groups is 1. The summed E-state index contributed by atoms with van der Waals surface area (Å²) in [6.45, 7) is 10.9. The van der Waals surface area contributed by atoms with Gasteiger partial charge in [-0.1, -0.05) is 35.9 Å². The van der Waals surface area contributed by atoms with Crippen molar-refractivity contribution in [2.45, 2.75) is 58.4 Å². The van der Waals surface area contributed by atoms with Gasteiger partial charge in [0.25, 0.3) is 0 Å². The van der Waals surface area contributed by atoms with Crippen LogP contribution >= 0.6 is 0 Å². The van der Waals surface area contributed by atoms with Gasteiger partial charge < -0.3 is 5.11 Å². The lowest BCUT2D eigenvalue weighted by atomic mass is 9.59. The molecule has 5 rings (SSSR count). The van der Waals surface area contributed by atoms with Gasteiger partial charge in [-0.25, -0.2) is 0 Å². The van der Waals surface area contributed by atoms with Gasteiger partial charge in [-0.05, 0) is 64.5 Å². The number of amides is 2. The van der Waals surface area contributed by atoms with E-state index < -0.39 is 29.2 Å². The molecule has 6 heteroatoms. The Kier molecular flexibility index (Phi) is 5.54. The monoisotopic (exact) mass is 485 g/mol. The second-order valence-corrected chi connectivity index (χ2v) is 11.3. The lowest BCUT2D eigenvalue weighted by molar-refractivity contribution is -0.145. The standard InChI is InChI=1S/C30H31NO5/c1-6-8-16-9-7-10-18(27(16)34)23-17-11-12-19-24(29(36)31(28(19)35)30(3,4)5)20(17)14-21-25(23)22(32)13-15(2)26(21)33/h6-7,9-11,13,19-20,23-24,34H,1,8,12,14H2,2-5H3/t19-,20+,23+,24-/m0/s1. The molecule has 4 atom stereocenters. The number of likely N-dealkylation sites (tertiary alicyclic amines) is 1. The molecule has 36 heavy (non-hydrogen) atoms. The van der Waals surface area contributed by atoms with Crippen molar-refractivity contribution >= 4 is 23.4 Å². The Balaban J connectivity index is 1.71. The number of phenolic OH excluding ortho intramolecular Hbond substituents is 1. The Morgan fingerprint density at radius 2 is 1.83 bits per heavy atom. The minimum atomic E-state index is -0.656. The fourth-order valence-corrected chi connectivity index (χ4v) is 6.56. The van der Waals surface area contributed by atoms with E-state index in [1.165, 1.54) is 11.0 Å². The number of Topliss-reactive ketones (excluding diaryl/α,β-unsaturated/α-hetero) is 1. The highest BCUT2D eigenvalue weighted by atomic mass is 16.3. The molecule has 1 N–H and O–H groups in total. The van der Waals surface area contributed by atoms with Gasteiger partial charge in [0.05, 0.1) is 11.8 Å². The summed E-state index contributed by atoms with van der Waals surface area (Å²) in [5.74, 6) is -2.92. The Hall–Kier alpha value is -3.54. The summed E-state index contributed by atoms with van der Waals surface area (Å²) < 4.78 is 0. The zero-order valence-corrected chi connectivity index (χ0v) is 21.1. The van der Waals surface area contributed by atoms with Gasteiger partial charge in [-0.2, -0.15) is 0 Å². The van der Waals surface area contributed by atoms with Gasteiger partial charge in [0.2, 0.25) is 11.8 Å². The normalized spacial score (nSPS) is 27.9. The summed E-state index contributed by atoms with van der Waals surface area (Å²) in [4.78, 5) is 55.1. The number of allylic oxidation sites excluding steroid dienone is 7. The van der Waals surface area contributed by atoms with E-state index in [4.69, 9.17) is 0 Å². The van der Waals surface area contributed by atoms with E-state index in [2.05, 4.69) is 6.58 Å². The molecular formula is C30H31NO5. The molecular weight excluding hydrogens is 454 g/mol. The first-order valence-corrected chi connectivity index (χ1v) is 12.5. The Morgan fingerprint density at radius 1 is 1.11 bits per heavy atom. The predicted molar refractivity (Wildman–Crippen MR) is 135 cm³/mol. The number of fused-ring (bicyclic) bond motifs is 3. The largest absolute Gasteiger partial charge is 0.507 e. The zero-order valence-electron chi connectivity index (χ0n) is 21.1. The molecule has 1 fully saturated rings. The van der Waals surface area contributed by atoms with Crippen LogP contribution in [0, 0.1) is 17.8 Å². The van der Waals surface area contributed by atoms with Crippen LogP contribution in [-0.2, 0) is 25.6 Å². The topological polar surface area (TPSA) is 91.8 Å². The van der Waals surface area contributed by atoms with E-state index in [-0.39, 0.29) is 35.6 Å². The number of hydrogen-bond acceptors (Lipinski definition) is 5. The molecule has 2 amide bonds. The van der Waals surface area contributed by atoms with Gasteiger partial charge >= 0.3 is 0 Å². The van der Waals surface area contributed by atoms with Crippen LogP contribution in [0.1, 0.15) is 57.6 Å². The third-order valence-electron chi connectivity index (χ3n) is 8.06. The highest BCUT2D eigenvalue weighted by Crippen LogP contribution is 2.56. The maximum absolute atomic E-state index is 13.7. The third kappa shape index (κ3) is 3.38. The molecule has 1 saturated heterocycles. The van der Waals surface area contributed by atoms with E-state index in [1.54, 1.807) is 25.1 Å². The summed E-state index contributed by atoms with van der Waals surface area (Å²) in [7, 11) is 0. The number of carbonyl (C=O) groups excluding carboxylic acids is 4. The summed E-state index contributed by atoms with van der Waals surface area (Å²) in [5.41, 5.74) is 2.54. The first-order valence-electron chi connectivity index (χ1n) is 12.5. The van der Waals surface area contributed by atoms with Gasteiger partial charge in [0.15, 0.2) is 11.6 Å². The van der Waals surface area contributed by atoms with Crippen LogP contribution < -0.4 is 0 Å². The highest BCUT2D eigenvalue weighted by molar-refractivity contribution is 6.23. The maximum atomic E-state index is 13.7. The number of nitrogens with zero attached hydrogens (tertiary/aromatic N) is 1. The number of carbonyl (C=O) groups is 4. The van der Waals surface area contributed by atoms with Crippen LogP contribution in [0.25, 0.3) is 0 Å². The molecule has 1 heterocycles. The number of para-hydroxylation sites is 1. The van der Waals surface area contributed by atoms with Crippen molar-refractivity contribution < 1.29 is 24.3 Å². The molecule has 6 nitrogen and oxygen atoms in total. The SMILES string of the molecule is C=CCc1cccc([C@H]2C3=CC[C@@H]4C(=O)N(C(C)(C)C)C(=O)[C@@H]4[C@@H]3CC3=C2C(=O)C=C(C)C3=O)c1O. The van der Waals surface area contributed by atoms with Crippen molar-refractivity contribution in [3.63, 3.8) is 0 Å². The number of aromatic hydroxyl groups is 1. The zero-order chi connectivity index (χ0) is 26.1. The first-order chi connectivity index (χ1) is 17.0. The van der Waals surface area contributed by atoms with E-state index >= 15 is 0 Å². The fraction of sp³-hybridized carbons (Fsp3) is 0.400. The van der Waals surface area contributed by atoms with Crippen molar-refractivity contribution in [1.29, 1.82) is 0 Å². The predicted octanol–water partition coefficient (Wildman–Crippen LogP) is 4.35. The lowest BCUT2D eigenvalue weighted by Crippen LogP contribution is -2.46. The molecule has 4 aliphatic rings. The van der Waals surface area contributed by atoms with Crippen LogP contribution in [0.3, 0.4) is 0 Å². The van der Waals surface area contributed by atoms with Crippen LogP contribution in [0.5, 0.6) is 5.75 Å². The number of benzene rings is 1. The van der Waals surface area contributed by atoms with Gasteiger partial charge in [0.1, 0.15) is 5.75 Å². The average molecular weight is 486 g/mol. The number of phenols is 1. The highest BCUT2D eigenvalue weighted by Gasteiger charge is 2.58. The second-order valence-electron chi connectivity index (χ2n) is 11.3. The van der Waals surface area contributed by atoms with Crippen molar-refractivity contribution in [1.82, 2.24) is 4.90 Å². The molecule has 0 spiro atoms. The molecule has 0 unspecified atom stereocenters. The quantitative estimate of drug-likeness (QED) is 0.391. The molecule has 0 aromatic heterocycles. The van der Waals surface area contributed by atoms with Crippen molar-refractivity contribution in [3.8, 4) is 5.75 Å². The van der Waals surface area contributed by atoms with E-state index in [0.29, 0.717) is 40.7 Å². The van der Waals surface area contributed by atoms with Crippen molar-refractivity contribution in [3.05, 3.63) is 76.4 Å². The van der Waals surface area contributed by atoms with Crippen LogP contribution in [0.15, 0.2) is 65.3 Å². The summed E-state index contributed by atoms with van der Waals surface area (Å²) in [6, 6.07) is 5.41. The Morgan fingerprint density at radius 3 is 2.50 bits per heavy atom. The second kappa shape index (κ2) is 8.26. The smallest absolute Gasteiger partial charge is 0.234 e. The number of hydrogen-bond donors (Lipinski definition) is 1. The summed E-state index contributed by atoms with van der Waals surface area (Å²) >= 11 is 0. The lowest BCUT2D eigenvalue weighted by Gasteiger charge is -2.42. The van der Waals surface area contributed by atoms with E-state index in [1.807, 2.05) is 32.9 Å². The molecule has 3 aliphatic carbocycles. The minimum absolute atomic E-state index is 0.0644. The molecule has 0 saturated carbocycles. The van der Waals surface area contributed by atoms with Crippen molar-refractivity contribution in [2.75, 3.05) is 0 Å². The summed E-state index contributed by atoms with van der Waals surface area (Å²) in [6.07, 6.45) is 6.11. The van der Waals surface area contributed by atoms with Gasteiger partial charge in [-0.3, -0.25) is 24.1 Å². The molecule has 0 radical (unpaired) electrons. The van der Waals surface area contributed by atoms with E-state index in [9.17, 15) is 24.3 Å². The van der Waals surface area contributed by atoms with Crippen LogP contribution in [0.4, 0.5) is 0 Å². The van der Waals surface area contributed by atoms with Gasteiger partial charge in [-0.15, -0.1) is 6.58 Å². The molecule has 0 bridgehead atoms. The fourth-order valence-electron chi connectivity index (χ4n) is 6.56. The van der Waals surface area contributed by atoms with Crippen LogP contribution in [0.2, 0.25) is 0 Å².